The fourth-order valence-electron chi connectivity index (χ4n) is 7.27. The summed E-state index contributed by atoms with van der Waals surface area (Å²) < 4.78 is 0. The molecular formula is C20H34N2. The summed E-state index contributed by atoms with van der Waals surface area (Å²) in [6.07, 6.45) is 10.4. The van der Waals surface area contributed by atoms with E-state index in [1.165, 1.54) is 38.8 Å². The van der Waals surface area contributed by atoms with Gasteiger partial charge in [0.25, 0.3) is 0 Å². The van der Waals surface area contributed by atoms with Crippen LogP contribution in [0.2, 0.25) is 0 Å². The molecule has 0 radical (unpaired) electrons. The summed E-state index contributed by atoms with van der Waals surface area (Å²) in [6, 6.07) is 0. The van der Waals surface area contributed by atoms with Crippen LogP contribution in [0, 0.1) is 35.5 Å². The third kappa shape index (κ3) is 1.64. The lowest BCUT2D eigenvalue weighted by atomic mass is 9.48. The Hall–Kier alpha value is -0.340. The predicted molar refractivity (Wildman–Crippen MR) is 92.7 cm³/mol. The Bertz CT molecular complexity index is 418. The van der Waals surface area contributed by atoms with E-state index in [0.717, 1.165) is 35.5 Å². The molecule has 0 spiro atoms. The van der Waals surface area contributed by atoms with Crippen LogP contribution in [0.5, 0.6) is 0 Å². The molecule has 2 aliphatic heterocycles. The SMILES string of the molecule is CCC1(CC)NC[C@@H]2C3C=CC([C@H]4CNC(CC)(CC)[C@@H]34)[C@@H]21. The highest BCUT2D eigenvalue weighted by atomic mass is 15.1. The van der Waals surface area contributed by atoms with Gasteiger partial charge in [-0.15, -0.1) is 0 Å². The lowest BCUT2D eigenvalue weighted by Gasteiger charge is -2.56. The van der Waals surface area contributed by atoms with Crippen molar-refractivity contribution in [2.75, 3.05) is 13.1 Å². The van der Waals surface area contributed by atoms with Crippen molar-refractivity contribution in [1.82, 2.24) is 10.6 Å². The summed E-state index contributed by atoms with van der Waals surface area (Å²) in [5.41, 5.74) is 0.819. The van der Waals surface area contributed by atoms with Crippen molar-refractivity contribution in [1.29, 1.82) is 0 Å². The molecule has 2 heterocycles. The first-order valence-electron chi connectivity index (χ1n) is 9.84. The molecule has 3 fully saturated rings. The molecule has 2 unspecified atom stereocenters. The van der Waals surface area contributed by atoms with Crippen LogP contribution in [0.3, 0.4) is 0 Å². The molecule has 5 aliphatic rings. The summed E-state index contributed by atoms with van der Waals surface area (Å²) in [4.78, 5) is 0. The standard InChI is InChI=1S/C20H34N2/c1-5-19(6-2)17-13-9-10-14(15(17)11-21-19)18-16(13)12-22-20(18,7-3)8-4/h9-10,13-18,21-22H,5-8,11-12H2,1-4H3/t13?,14?,15-,16-,17+,18+/m1/s1. The third-order valence-electron chi connectivity index (χ3n) is 8.48. The average molecular weight is 303 g/mol. The number of hydrogen-bond acceptors (Lipinski definition) is 2. The molecule has 0 amide bonds. The summed E-state index contributed by atoms with van der Waals surface area (Å²) >= 11 is 0. The lowest BCUT2D eigenvalue weighted by molar-refractivity contribution is -0.00853. The van der Waals surface area contributed by atoms with Crippen LogP contribution >= 0.6 is 0 Å². The molecule has 2 bridgehead atoms. The van der Waals surface area contributed by atoms with Crippen LogP contribution in [0.1, 0.15) is 53.4 Å². The van der Waals surface area contributed by atoms with Gasteiger partial charge < -0.3 is 10.6 Å². The minimum Gasteiger partial charge on any atom is -0.311 e. The second kappa shape index (κ2) is 5.08. The maximum Gasteiger partial charge on any atom is 0.0213 e. The first kappa shape index (κ1) is 15.2. The topological polar surface area (TPSA) is 24.1 Å². The molecular weight excluding hydrogens is 268 g/mol. The molecule has 3 aliphatic carbocycles. The molecule has 1 saturated carbocycles. The van der Waals surface area contributed by atoms with E-state index in [9.17, 15) is 0 Å². The predicted octanol–water partition coefficient (Wildman–Crippen LogP) is 3.59. The first-order chi connectivity index (χ1) is 10.7. The zero-order chi connectivity index (χ0) is 15.5. The molecule has 22 heavy (non-hydrogen) atoms. The molecule has 6 atom stereocenters. The van der Waals surface area contributed by atoms with Crippen molar-refractivity contribution in [3.63, 3.8) is 0 Å². The van der Waals surface area contributed by atoms with E-state index in [2.05, 4.69) is 50.5 Å². The third-order valence-corrected chi connectivity index (χ3v) is 8.48. The van der Waals surface area contributed by atoms with Crippen LogP contribution < -0.4 is 10.6 Å². The van der Waals surface area contributed by atoms with Crippen molar-refractivity contribution in [2.45, 2.75) is 64.5 Å². The van der Waals surface area contributed by atoms with Gasteiger partial charge in [0.2, 0.25) is 0 Å². The largest absolute Gasteiger partial charge is 0.311 e. The molecule has 0 aromatic heterocycles. The van der Waals surface area contributed by atoms with Crippen molar-refractivity contribution < 1.29 is 0 Å². The minimum absolute atomic E-state index is 0.410. The molecule has 2 heteroatoms. The fourth-order valence-corrected chi connectivity index (χ4v) is 7.27. The van der Waals surface area contributed by atoms with E-state index in [0.29, 0.717) is 11.1 Å². The van der Waals surface area contributed by atoms with Crippen LogP contribution in [0.15, 0.2) is 12.2 Å². The Labute approximate surface area is 136 Å². The van der Waals surface area contributed by atoms with Crippen molar-refractivity contribution in [3.05, 3.63) is 12.2 Å². The molecule has 2 nitrogen and oxygen atoms in total. The summed E-state index contributed by atoms with van der Waals surface area (Å²) in [6.45, 7) is 12.1. The zero-order valence-corrected chi connectivity index (χ0v) is 14.9. The first-order valence-corrected chi connectivity index (χ1v) is 9.84. The van der Waals surface area contributed by atoms with Crippen molar-refractivity contribution >= 4 is 0 Å². The second-order valence-electron chi connectivity index (χ2n) is 8.41. The summed E-state index contributed by atoms with van der Waals surface area (Å²) in [5.74, 6) is 5.14. The molecule has 0 aromatic rings. The smallest absolute Gasteiger partial charge is 0.0213 e. The van der Waals surface area contributed by atoms with Gasteiger partial charge in [-0.25, -0.2) is 0 Å². The van der Waals surface area contributed by atoms with E-state index < -0.39 is 0 Å². The normalized spacial score (nSPS) is 46.7. The Morgan fingerprint density at radius 3 is 1.41 bits per heavy atom. The number of nitrogens with one attached hydrogen (secondary N) is 2. The highest BCUT2D eigenvalue weighted by Gasteiger charge is 2.64. The van der Waals surface area contributed by atoms with Gasteiger partial charge in [-0.1, -0.05) is 39.8 Å². The van der Waals surface area contributed by atoms with E-state index >= 15 is 0 Å². The number of allylic oxidation sites excluding steroid dienone is 2. The maximum absolute atomic E-state index is 4.00. The van der Waals surface area contributed by atoms with Gasteiger partial charge in [-0.05, 0) is 74.3 Å². The zero-order valence-electron chi connectivity index (χ0n) is 14.9. The van der Waals surface area contributed by atoms with Crippen LogP contribution in [-0.2, 0) is 0 Å². The molecule has 5 rings (SSSR count). The summed E-state index contributed by atoms with van der Waals surface area (Å²) in [7, 11) is 0. The number of hydrogen-bond donors (Lipinski definition) is 2. The monoisotopic (exact) mass is 302 g/mol. The van der Waals surface area contributed by atoms with E-state index in [-0.39, 0.29) is 0 Å². The van der Waals surface area contributed by atoms with Crippen molar-refractivity contribution in [2.24, 2.45) is 35.5 Å². The van der Waals surface area contributed by atoms with Gasteiger partial charge in [-0.3, -0.25) is 0 Å². The Balaban J connectivity index is 1.74. The van der Waals surface area contributed by atoms with Gasteiger partial charge in [0.1, 0.15) is 0 Å². The molecule has 2 saturated heterocycles. The van der Waals surface area contributed by atoms with Crippen molar-refractivity contribution in [3.8, 4) is 0 Å². The van der Waals surface area contributed by atoms with E-state index in [1.54, 1.807) is 0 Å². The van der Waals surface area contributed by atoms with Crippen LogP contribution in [0.4, 0.5) is 0 Å². The van der Waals surface area contributed by atoms with Gasteiger partial charge in [-0.2, -0.15) is 0 Å². The average Bonchev–Trinajstić information content (AvgIpc) is 3.17. The lowest BCUT2D eigenvalue weighted by Crippen LogP contribution is -2.57. The molecule has 124 valence electrons. The van der Waals surface area contributed by atoms with E-state index in [4.69, 9.17) is 0 Å². The van der Waals surface area contributed by atoms with Gasteiger partial charge in [0, 0.05) is 11.1 Å². The van der Waals surface area contributed by atoms with E-state index in [1.807, 2.05) is 0 Å². The highest BCUT2D eigenvalue weighted by molar-refractivity contribution is 5.27. The molecule has 0 aromatic carbocycles. The minimum atomic E-state index is 0.410. The quantitative estimate of drug-likeness (QED) is 0.776. The Morgan fingerprint density at radius 2 is 1.09 bits per heavy atom. The Morgan fingerprint density at radius 1 is 0.727 bits per heavy atom. The second-order valence-corrected chi connectivity index (χ2v) is 8.41. The number of rotatable bonds is 4. The van der Waals surface area contributed by atoms with Gasteiger partial charge >= 0.3 is 0 Å². The summed E-state index contributed by atoms with van der Waals surface area (Å²) in [5, 5.41) is 8.01. The van der Waals surface area contributed by atoms with Crippen LogP contribution in [0.25, 0.3) is 0 Å². The van der Waals surface area contributed by atoms with Gasteiger partial charge in [0.15, 0.2) is 0 Å². The Kier molecular flexibility index (Phi) is 3.51. The highest BCUT2D eigenvalue weighted by Crippen LogP contribution is 2.62. The maximum atomic E-state index is 4.00. The molecule has 2 N–H and O–H groups in total. The van der Waals surface area contributed by atoms with Crippen LogP contribution in [-0.4, -0.2) is 24.2 Å². The van der Waals surface area contributed by atoms with Gasteiger partial charge in [0.05, 0.1) is 0 Å². The fraction of sp³-hybridized carbons (Fsp3) is 0.900.